The largest absolute Gasteiger partial charge is 0.497 e. The van der Waals surface area contributed by atoms with Crippen molar-refractivity contribution in [2.75, 3.05) is 26.5 Å². The lowest BCUT2D eigenvalue weighted by Gasteiger charge is -2.20. The Morgan fingerprint density at radius 3 is 2.81 bits per heavy atom. The van der Waals surface area contributed by atoms with Crippen LogP contribution in [0.1, 0.15) is 18.5 Å². The second kappa shape index (κ2) is 8.21. The van der Waals surface area contributed by atoms with E-state index < -0.39 is 0 Å². The summed E-state index contributed by atoms with van der Waals surface area (Å²) < 4.78 is 11.7. The molecule has 1 N–H and O–H groups in total. The highest BCUT2D eigenvalue weighted by Crippen LogP contribution is 2.33. The van der Waals surface area contributed by atoms with Crippen molar-refractivity contribution in [1.82, 2.24) is 15.5 Å². The van der Waals surface area contributed by atoms with Gasteiger partial charge in [-0.2, -0.15) is 0 Å². The quantitative estimate of drug-likeness (QED) is 0.753. The number of aromatic nitrogens is 2. The highest BCUT2D eigenvalue weighted by molar-refractivity contribution is 8.01. The van der Waals surface area contributed by atoms with Crippen LogP contribution in [-0.2, 0) is 0 Å². The van der Waals surface area contributed by atoms with Crippen molar-refractivity contribution in [2.24, 2.45) is 0 Å². The van der Waals surface area contributed by atoms with Crippen molar-refractivity contribution >= 4 is 23.1 Å². The molecule has 1 atom stereocenters. The Labute approximate surface area is 133 Å². The van der Waals surface area contributed by atoms with Gasteiger partial charge in [-0.15, -0.1) is 10.2 Å². The first-order valence-corrected chi connectivity index (χ1v) is 8.49. The number of ether oxygens (including phenoxy) is 2. The molecular weight excluding hydrogens is 306 g/mol. The van der Waals surface area contributed by atoms with Crippen LogP contribution in [0.25, 0.3) is 0 Å². The van der Waals surface area contributed by atoms with E-state index in [1.807, 2.05) is 18.2 Å². The Hall–Kier alpha value is -1.31. The SMILES string of the molecule is CCNC(CSc1nncs1)c1ccc(OC)cc1OC. The second-order valence-electron chi connectivity index (χ2n) is 4.23. The summed E-state index contributed by atoms with van der Waals surface area (Å²) in [5.41, 5.74) is 2.87. The number of benzene rings is 1. The molecule has 2 aromatic rings. The van der Waals surface area contributed by atoms with Crippen LogP contribution < -0.4 is 14.8 Å². The van der Waals surface area contributed by atoms with Gasteiger partial charge in [0, 0.05) is 23.4 Å². The molecule has 5 nitrogen and oxygen atoms in total. The van der Waals surface area contributed by atoms with Crippen molar-refractivity contribution in [3.63, 3.8) is 0 Å². The minimum absolute atomic E-state index is 0.185. The topological polar surface area (TPSA) is 56.3 Å². The molecule has 0 aliphatic heterocycles. The normalized spacial score (nSPS) is 12.1. The number of rotatable bonds is 8. The van der Waals surface area contributed by atoms with Crippen molar-refractivity contribution in [1.29, 1.82) is 0 Å². The lowest BCUT2D eigenvalue weighted by Crippen LogP contribution is -2.23. The number of hydrogen-bond acceptors (Lipinski definition) is 7. The van der Waals surface area contributed by atoms with E-state index in [9.17, 15) is 0 Å². The van der Waals surface area contributed by atoms with E-state index in [1.54, 1.807) is 42.8 Å². The van der Waals surface area contributed by atoms with Gasteiger partial charge in [-0.3, -0.25) is 0 Å². The fraction of sp³-hybridized carbons (Fsp3) is 0.429. The number of nitrogens with one attached hydrogen (secondary N) is 1. The molecular formula is C14H19N3O2S2. The van der Waals surface area contributed by atoms with E-state index >= 15 is 0 Å². The number of thioether (sulfide) groups is 1. The first kappa shape index (κ1) is 16.1. The van der Waals surface area contributed by atoms with Gasteiger partial charge < -0.3 is 14.8 Å². The Bertz CT molecular complexity index is 549. The van der Waals surface area contributed by atoms with E-state index in [2.05, 4.69) is 22.4 Å². The molecule has 1 unspecified atom stereocenters. The number of nitrogens with zero attached hydrogens (tertiary/aromatic N) is 2. The molecule has 1 aromatic heterocycles. The molecule has 0 spiro atoms. The van der Waals surface area contributed by atoms with E-state index in [1.165, 1.54) is 0 Å². The zero-order valence-corrected chi connectivity index (χ0v) is 14.0. The summed E-state index contributed by atoms with van der Waals surface area (Å²) >= 11 is 3.25. The van der Waals surface area contributed by atoms with Gasteiger partial charge in [0.05, 0.1) is 14.2 Å². The maximum Gasteiger partial charge on any atom is 0.174 e. The minimum Gasteiger partial charge on any atom is -0.497 e. The standard InChI is InChI=1S/C14H19N3O2S2/c1-4-15-12(8-20-14-17-16-9-21-14)11-6-5-10(18-2)7-13(11)19-3/h5-7,9,12,15H,4,8H2,1-3H3. The van der Waals surface area contributed by atoms with Gasteiger partial charge in [-0.1, -0.05) is 36.1 Å². The molecule has 0 aliphatic rings. The summed E-state index contributed by atoms with van der Waals surface area (Å²) in [6.07, 6.45) is 0. The van der Waals surface area contributed by atoms with Gasteiger partial charge in [0.15, 0.2) is 4.34 Å². The highest BCUT2D eigenvalue weighted by Gasteiger charge is 2.17. The first-order chi connectivity index (χ1) is 10.3. The molecule has 0 amide bonds. The molecule has 0 bridgehead atoms. The Kier molecular flexibility index (Phi) is 6.28. The van der Waals surface area contributed by atoms with Crippen LogP contribution in [-0.4, -0.2) is 36.7 Å². The maximum atomic E-state index is 5.50. The van der Waals surface area contributed by atoms with Crippen LogP contribution in [0.2, 0.25) is 0 Å². The highest BCUT2D eigenvalue weighted by atomic mass is 32.2. The van der Waals surface area contributed by atoms with Gasteiger partial charge in [0.2, 0.25) is 0 Å². The van der Waals surface area contributed by atoms with Crippen LogP contribution in [0, 0.1) is 0 Å². The van der Waals surface area contributed by atoms with Gasteiger partial charge in [-0.25, -0.2) is 0 Å². The third-order valence-corrected chi connectivity index (χ3v) is 4.93. The Morgan fingerprint density at radius 2 is 2.19 bits per heavy atom. The summed E-state index contributed by atoms with van der Waals surface area (Å²) in [6.45, 7) is 2.98. The average Bonchev–Trinajstić information content (AvgIpc) is 3.04. The molecule has 0 radical (unpaired) electrons. The van der Waals surface area contributed by atoms with Crippen molar-refractivity contribution in [3.8, 4) is 11.5 Å². The van der Waals surface area contributed by atoms with Crippen LogP contribution >= 0.6 is 23.1 Å². The third kappa shape index (κ3) is 4.33. The lowest BCUT2D eigenvalue weighted by atomic mass is 10.1. The van der Waals surface area contributed by atoms with Gasteiger partial charge >= 0.3 is 0 Å². The predicted molar refractivity (Wildman–Crippen MR) is 86.6 cm³/mol. The van der Waals surface area contributed by atoms with E-state index in [4.69, 9.17) is 9.47 Å². The monoisotopic (exact) mass is 325 g/mol. The van der Waals surface area contributed by atoms with Crippen molar-refractivity contribution < 1.29 is 9.47 Å². The summed E-state index contributed by atoms with van der Waals surface area (Å²) in [4.78, 5) is 0. The van der Waals surface area contributed by atoms with Crippen LogP contribution in [0.15, 0.2) is 28.0 Å². The van der Waals surface area contributed by atoms with Crippen molar-refractivity contribution in [2.45, 2.75) is 17.3 Å². The van der Waals surface area contributed by atoms with Crippen molar-refractivity contribution in [3.05, 3.63) is 29.3 Å². The van der Waals surface area contributed by atoms with Gasteiger partial charge in [-0.05, 0) is 12.6 Å². The zero-order chi connectivity index (χ0) is 15.1. The maximum absolute atomic E-state index is 5.50. The smallest absolute Gasteiger partial charge is 0.174 e. The molecule has 7 heteroatoms. The molecule has 0 fully saturated rings. The molecule has 1 aromatic carbocycles. The van der Waals surface area contributed by atoms with Crippen LogP contribution in [0.3, 0.4) is 0 Å². The van der Waals surface area contributed by atoms with E-state index in [0.717, 1.165) is 33.7 Å². The molecule has 0 saturated heterocycles. The van der Waals surface area contributed by atoms with Crippen LogP contribution in [0.4, 0.5) is 0 Å². The molecule has 21 heavy (non-hydrogen) atoms. The zero-order valence-electron chi connectivity index (χ0n) is 12.3. The molecule has 2 rings (SSSR count). The molecule has 0 saturated carbocycles. The fourth-order valence-corrected chi connectivity index (χ4v) is 3.59. The molecule has 1 heterocycles. The second-order valence-corrected chi connectivity index (χ2v) is 6.33. The van der Waals surface area contributed by atoms with Gasteiger partial charge in [0.1, 0.15) is 17.0 Å². The number of hydrogen-bond donors (Lipinski definition) is 1. The Balaban J connectivity index is 2.16. The molecule has 114 valence electrons. The van der Waals surface area contributed by atoms with Crippen LogP contribution in [0.5, 0.6) is 11.5 Å². The average molecular weight is 325 g/mol. The summed E-state index contributed by atoms with van der Waals surface area (Å²) in [6, 6.07) is 6.10. The summed E-state index contributed by atoms with van der Waals surface area (Å²) in [7, 11) is 3.33. The van der Waals surface area contributed by atoms with E-state index in [0.29, 0.717) is 0 Å². The number of methoxy groups -OCH3 is 2. The Morgan fingerprint density at radius 1 is 1.33 bits per heavy atom. The predicted octanol–water partition coefficient (Wildman–Crippen LogP) is 3.00. The fourth-order valence-electron chi connectivity index (χ4n) is 1.99. The van der Waals surface area contributed by atoms with E-state index in [-0.39, 0.29) is 6.04 Å². The summed E-state index contributed by atoms with van der Waals surface area (Å²) in [5, 5.41) is 11.4. The first-order valence-electron chi connectivity index (χ1n) is 6.62. The van der Waals surface area contributed by atoms with Gasteiger partial charge in [0.25, 0.3) is 0 Å². The third-order valence-electron chi connectivity index (χ3n) is 2.98. The minimum atomic E-state index is 0.185. The summed E-state index contributed by atoms with van der Waals surface area (Å²) in [5.74, 6) is 2.49. The molecule has 0 aliphatic carbocycles. The lowest BCUT2D eigenvalue weighted by molar-refractivity contribution is 0.386.